The van der Waals surface area contributed by atoms with Crippen molar-refractivity contribution in [2.45, 2.75) is 38.5 Å². The summed E-state index contributed by atoms with van der Waals surface area (Å²) in [5.41, 5.74) is 8.35. The number of esters is 2. The zero-order valence-electron chi connectivity index (χ0n) is 9.49. The molecular weight excluding hydrogens is 200 g/mol. The quantitative estimate of drug-likeness (QED) is 0.489. The molecule has 0 aromatic carbocycles. The minimum atomic E-state index is -1.85. The molecule has 0 fully saturated rings. The van der Waals surface area contributed by atoms with E-state index in [9.17, 15) is 9.59 Å². The lowest BCUT2D eigenvalue weighted by Gasteiger charge is -2.27. The van der Waals surface area contributed by atoms with E-state index in [4.69, 9.17) is 16.2 Å². The molecule has 0 aliphatic heterocycles. The van der Waals surface area contributed by atoms with Gasteiger partial charge in [-0.25, -0.2) is 4.79 Å². The van der Waals surface area contributed by atoms with Gasteiger partial charge in [-0.2, -0.15) is 0 Å². The van der Waals surface area contributed by atoms with Crippen LogP contribution in [0.2, 0.25) is 0 Å². The predicted octanol–water partition coefficient (Wildman–Crippen LogP) is -0.495. The molecule has 0 aliphatic rings. The van der Waals surface area contributed by atoms with E-state index in [1.54, 1.807) is 20.8 Å². The molecule has 4 N–H and O–H groups in total. The molecule has 0 spiro atoms. The summed E-state index contributed by atoms with van der Waals surface area (Å²) in [4.78, 5) is 22.4. The lowest BCUT2D eigenvalue weighted by molar-refractivity contribution is -0.165. The highest BCUT2D eigenvalue weighted by Crippen LogP contribution is 2.12. The minimum absolute atomic E-state index is 0.418. The number of ether oxygens (including phenoxy) is 2. The molecule has 0 bridgehead atoms. The smallest absolute Gasteiger partial charge is 0.342 e. The highest BCUT2D eigenvalue weighted by atomic mass is 16.6. The normalized spacial score (nSPS) is 12.1. The number of hydrogen-bond donors (Lipinski definition) is 2. The van der Waals surface area contributed by atoms with Crippen LogP contribution in [0, 0.1) is 0 Å². The first kappa shape index (κ1) is 13.9. The Balaban J connectivity index is 4.46. The van der Waals surface area contributed by atoms with Crippen LogP contribution in [-0.4, -0.2) is 30.3 Å². The van der Waals surface area contributed by atoms with Crippen LogP contribution in [0.5, 0.6) is 0 Å². The summed E-state index contributed by atoms with van der Waals surface area (Å²) in [5, 5.41) is 0. The molecule has 0 amide bonds. The Kier molecular flexibility index (Phi) is 4.24. The first-order chi connectivity index (χ1) is 6.58. The van der Waals surface area contributed by atoms with Gasteiger partial charge in [-0.1, -0.05) is 0 Å². The standard InChI is InChI=1S/C9H18N2O4/c1-8(2,3)15-7(13)9(10,11)5-6(12)14-4/h5,10-11H2,1-4H3. The van der Waals surface area contributed by atoms with Crippen molar-refractivity contribution in [3.63, 3.8) is 0 Å². The highest BCUT2D eigenvalue weighted by molar-refractivity contribution is 5.86. The van der Waals surface area contributed by atoms with Gasteiger partial charge in [0.2, 0.25) is 0 Å². The zero-order chi connectivity index (χ0) is 12.3. The maximum atomic E-state index is 11.5. The largest absolute Gasteiger partial charge is 0.469 e. The molecule has 6 nitrogen and oxygen atoms in total. The van der Waals surface area contributed by atoms with Gasteiger partial charge < -0.3 is 20.9 Å². The molecule has 0 aromatic rings. The summed E-state index contributed by atoms with van der Waals surface area (Å²) in [7, 11) is 1.19. The summed E-state index contributed by atoms with van der Waals surface area (Å²) >= 11 is 0. The van der Waals surface area contributed by atoms with E-state index >= 15 is 0 Å². The van der Waals surface area contributed by atoms with Crippen LogP contribution in [0.3, 0.4) is 0 Å². The van der Waals surface area contributed by atoms with Crippen LogP contribution < -0.4 is 11.5 Å². The minimum Gasteiger partial charge on any atom is -0.469 e. The van der Waals surface area contributed by atoms with Gasteiger partial charge in [-0.3, -0.25) is 4.79 Å². The SMILES string of the molecule is COC(=O)CC(N)(N)C(=O)OC(C)(C)C. The zero-order valence-corrected chi connectivity index (χ0v) is 9.49. The number of carbonyl (C=O) groups is 2. The molecule has 0 rings (SSSR count). The molecule has 0 radical (unpaired) electrons. The maximum absolute atomic E-state index is 11.5. The van der Waals surface area contributed by atoms with Crippen molar-refractivity contribution < 1.29 is 19.1 Å². The molecule has 0 heterocycles. The lowest BCUT2D eigenvalue weighted by atomic mass is 10.1. The third-order valence-electron chi connectivity index (χ3n) is 1.44. The molecule has 0 saturated heterocycles. The summed E-state index contributed by atoms with van der Waals surface area (Å²) in [5.74, 6) is -1.49. The fraction of sp³-hybridized carbons (Fsp3) is 0.778. The van der Waals surface area contributed by atoms with Crippen molar-refractivity contribution >= 4 is 11.9 Å². The average Bonchev–Trinajstić information content (AvgIpc) is 2.00. The molecule has 0 aliphatic carbocycles. The van der Waals surface area contributed by atoms with E-state index in [0.29, 0.717) is 0 Å². The molecule has 0 atom stereocenters. The summed E-state index contributed by atoms with van der Waals surface area (Å²) in [6.07, 6.45) is -0.418. The number of nitrogens with two attached hydrogens (primary N) is 2. The van der Waals surface area contributed by atoms with Crippen LogP contribution in [0.25, 0.3) is 0 Å². The van der Waals surface area contributed by atoms with Crippen molar-refractivity contribution in [2.24, 2.45) is 11.5 Å². The topological polar surface area (TPSA) is 105 Å². The van der Waals surface area contributed by atoms with Gasteiger partial charge >= 0.3 is 11.9 Å². The third kappa shape index (κ3) is 5.34. The summed E-state index contributed by atoms with van der Waals surface area (Å²) < 4.78 is 9.31. The second-order valence-electron chi connectivity index (χ2n) is 4.30. The van der Waals surface area contributed by atoms with Crippen LogP contribution in [-0.2, 0) is 19.1 Å². The Labute approximate surface area is 88.9 Å². The fourth-order valence-corrected chi connectivity index (χ4v) is 0.756. The Morgan fingerprint density at radius 1 is 1.20 bits per heavy atom. The van der Waals surface area contributed by atoms with Crippen molar-refractivity contribution in [2.75, 3.05) is 7.11 Å². The Hall–Kier alpha value is -1.14. The Morgan fingerprint density at radius 3 is 2.00 bits per heavy atom. The van der Waals surface area contributed by atoms with E-state index in [1.807, 2.05) is 0 Å². The molecule has 0 unspecified atom stereocenters. The monoisotopic (exact) mass is 218 g/mol. The number of rotatable bonds is 3. The van der Waals surface area contributed by atoms with Gasteiger partial charge in [-0.05, 0) is 20.8 Å². The van der Waals surface area contributed by atoms with Gasteiger partial charge in [-0.15, -0.1) is 0 Å². The predicted molar refractivity (Wildman–Crippen MR) is 53.6 cm³/mol. The van der Waals surface area contributed by atoms with Gasteiger partial charge in [0, 0.05) is 0 Å². The van der Waals surface area contributed by atoms with Crippen LogP contribution in [0.1, 0.15) is 27.2 Å². The number of methoxy groups -OCH3 is 1. The lowest BCUT2D eigenvalue weighted by Crippen LogP contribution is -2.59. The maximum Gasteiger partial charge on any atom is 0.342 e. The molecule has 0 aromatic heterocycles. The second kappa shape index (κ2) is 4.59. The van der Waals surface area contributed by atoms with E-state index in [2.05, 4.69) is 4.74 Å². The van der Waals surface area contributed by atoms with Crippen molar-refractivity contribution in [3.8, 4) is 0 Å². The van der Waals surface area contributed by atoms with Gasteiger partial charge in [0.05, 0.1) is 13.5 Å². The molecule has 88 valence electrons. The first-order valence-electron chi connectivity index (χ1n) is 4.46. The van der Waals surface area contributed by atoms with E-state index < -0.39 is 29.6 Å². The van der Waals surface area contributed by atoms with Crippen molar-refractivity contribution in [1.29, 1.82) is 0 Å². The Bertz CT molecular complexity index is 255. The fourth-order valence-electron chi connectivity index (χ4n) is 0.756. The number of carbonyl (C=O) groups excluding carboxylic acids is 2. The van der Waals surface area contributed by atoms with Gasteiger partial charge in [0.25, 0.3) is 0 Å². The van der Waals surface area contributed by atoms with Gasteiger partial charge in [0.15, 0.2) is 5.66 Å². The van der Waals surface area contributed by atoms with Crippen molar-refractivity contribution in [3.05, 3.63) is 0 Å². The van der Waals surface area contributed by atoms with Crippen molar-refractivity contribution in [1.82, 2.24) is 0 Å². The van der Waals surface area contributed by atoms with Gasteiger partial charge in [0.1, 0.15) is 5.60 Å². The molecule has 6 heteroatoms. The molecule has 0 saturated carbocycles. The van der Waals surface area contributed by atoms with Crippen LogP contribution in [0.15, 0.2) is 0 Å². The number of hydrogen-bond acceptors (Lipinski definition) is 6. The second-order valence-corrected chi connectivity index (χ2v) is 4.30. The summed E-state index contributed by atoms with van der Waals surface area (Å²) in [6, 6.07) is 0. The van der Waals surface area contributed by atoms with E-state index in [1.165, 1.54) is 7.11 Å². The molecule has 15 heavy (non-hydrogen) atoms. The van der Waals surface area contributed by atoms with E-state index in [0.717, 1.165) is 0 Å². The highest BCUT2D eigenvalue weighted by Gasteiger charge is 2.36. The molecular formula is C9H18N2O4. The average molecular weight is 218 g/mol. The first-order valence-corrected chi connectivity index (χ1v) is 4.46. The third-order valence-corrected chi connectivity index (χ3v) is 1.44. The van der Waals surface area contributed by atoms with Crippen LogP contribution in [0.4, 0.5) is 0 Å². The summed E-state index contributed by atoms with van der Waals surface area (Å²) in [6.45, 7) is 5.04. The van der Waals surface area contributed by atoms with Crippen LogP contribution >= 0.6 is 0 Å². The van der Waals surface area contributed by atoms with E-state index in [-0.39, 0.29) is 0 Å². The Morgan fingerprint density at radius 2 is 1.67 bits per heavy atom.